The summed E-state index contributed by atoms with van der Waals surface area (Å²) in [4.78, 5) is 0. The van der Waals surface area contributed by atoms with E-state index in [1.807, 2.05) is 18.2 Å². The highest BCUT2D eigenvalue weighted by molar-refractivity contribution is 9.10. The Morgan fingerprint density at radius 1 is 1.47 bits per heavy atom. The molecule has 0 bridgehead atoms. The second-order valence-electron chi connectivity index (χ2n) is 4.68. The lowest BCUT2D eigenvalue weighted by molar-refractivity contribution is 0.228. The summed E-state index contributed by atoms with van der Waals surface area (Å²) in [6.07, 6.45) is 0.374. The molecular weight excluding hydrogens is 330 g/mol. The number of halogens is 1. The van der Waals surface area contributed by atoms with Crippen molar-refractivity contribution in [2.75, 3.05) is 18.1 Å². The largest absolute Gasteiger partial charge is 0.489 e. The van der Waals surface area contributed by atoms with Gasteiger partial charge in [0.1, 0.15) is 11.9 Å². The fraction of sp³-hybridized carbons (Fsp3) is 0.538. The molecule has 0 aliphatic carbocycles. The summed E-state index contributed by atoms with van der Waals surface area (Å²) in [7, 11) is -2.89. The van der Waals surface area contributed by atoms with Gasteiger partial charge >= 0.3 is 0 Å². The number of nitrogens with one attached hydrogen (secondary N) is 1. The maximum absolute atomic E-state index is 11.4. The van der Waals surface area contributed by atoms with Gasteiger partial charge in [-0.3, -0.25) is 0 Å². The molecule has 19 heavy (non-hydrogen) atoms. The molecule has 106 valence electrons. The second kappa shape index (κ2) is 6.24. The first-order valence-corrected chi connectivity index (χ1v) is 8.98. The number of hydrogen-bond acceptors (Lipinski definition) is 4. The second-order valence-corrected chi connectivity index (χ2v) is 7.76. The minimum absolute atomic E-state index is 0.131. The van der Waals surface area contributed by atoms with Crippen LogP contribution >= 0.6 is 15.9 Å². The van der Waals surface area contributed by atoms with Gasteiger partial charge in [-0.25, -0.2) is 8.42 Å². The van der Waals surface area contributed by atoms with Crippen molar-refractivity contribution in [1.82, 2.24) is 5.32 Å². The predicted molar refractivity (Wildman–Crippen MR) is 79.2 cm³/mol. The maximum Gasteiger partial charge on any atom is 0.154 e. The van der Waals surface area contributed by atoms with Crippen LogP contribution in [0.4, 0.5) is 0 Å². The summed E-state index contributed by atoms with van der Waals surface area (Å²) in [6.45, 7) is 3.72. The molecule has 1 heterocycles. The molecule has 4 nitrogen and oxygen atoms in total. The van der Waals surface area contributed by atoms with Gasteiger partial charge in [-0.2, -0.15) is 0 Å². The van der Waals surface area contributed by atoms with E-state index in [9.17, 15) is 8.42 Å². The molecule has 2 rings (SSSR count). The van der Waals surface area contributed by atoms with Crippen LogP contribution in [0.25, 0.3) is 0 Å². The van der Waals surface area contributed by atoms with Crippen molar-refractivity contribution >= 4 is 25.8 Å². The van der Waals surface area contributed by atoms with E-state index in [0.29, 0.717) is 6.42 Å². The third-order valence-corrected chi connectivity index (χ3v) is 5.59. The van der Waals surface area contributed by atoms with Gasteiger partial charge in [-0.15, -0.1) is 0 Å². The SMILES string of the molecule is CCNCc1cc(OC2CCS(=O)(=O)C2)ccc1Br. The Bertz CT molecular complexity index is 545. The molecule has 0 saturated carbocycles. The Morgan fingerprint density at radius 3 is 2.89 bits per heavy atom. The van der Waals surface area contributed by atoms with Gasteiger partial charge < -0.3 is 10.1 Å². The first-order chi connectivity index (χ1) is 9.00. The molecular formula is C13H18BrNO3S. The molecule has 1 aromatic rings. The Balaban J connectivity index is 2.05. The first kappa shape index (κ1) is 14.8. The van der Waals surface area contributed by atoms with Gasteiger partial charge in [0.15, 0.2) is 9.84 Å². The number of ether oxygens (including phenoxy) is 1. The Labute approximate surface area is 122 Å². The Morgan fingerprint density at radius 2 is 2.26 bits per heavy atom. The van der Waals surface area contributed by atoms with E-state index in [-0.39, 0.29) is 17.6 Å². The lowest BCUT2D eigenvalue weighted by Crippen LogP contribution is -2.18. The fourth-order valence-electron chi connectivity index (χ4n) is 2.07. The lowest BCUT2D eigenvalue weighted by Gasteiger charge is -2.14. The van der Waals surface area contributed by atoms with Crippen LogP contribution in [0.15, 0.2) is 22.7 Å². The van der Waals surface area contributed by atoms with Gasteiger partial charge in [0.05, 0.1) is 11.5 Å². The topological polar surface area (TPSA) is 55.4 Å². The lowest BCUT2D eigenvalue weighted by atomic mass is 10.2. The van der Waals surface area contributed by atoms with Gasteiger partial charge in [-0.1, -0.05) is 22.9 Å². The van der Waals surface area contributed by atoms with E-state index in [1.54, 1.807) is 0 Å². The summed E-state index contributed by atoms with van der Waals surface area (Å²) >= 11 is 3.50. The number of benzene rings is 1. The van der Waals surface area contributed by atoms with Crippen LogP contribution in [0.3, 0.4) is 0 Å². The zero-order valence-corrected chi connectivity index (χ0v) is 13.3. The van der Waals surface area contributed by atoms with Gasteiger partial charge in [0.25, 0.3) is 0 Å². The van der Waals surface area contributed by atoms with E-state index in [1.165, 1.54) is 0 Å². The smallest absolute Gasteiger partial charge is 0.154 e. The van der Waals surface area contributed by atoms with Crippen molar-refractivity contribution < 1.29 is 13.2 Å². The predicted octanol–water partition coefficient (Wildman–Crippen LogP) is 2.12. The first-order valence-electron chi connectivity index (χ1n) is 6.36. The van der Waals surface area contributed by atoms with E-state index < -0.39 is 9.84 Å². The van der Waals surface area contributed by atoms with Gasteiger partial charge in [0, 0.05) is 11.0 Å². The van der Waals surface area contributed by atoms with Gasteiger partial charge in [-0.05, 0) is 36.7 Å². The molecule has 1 atom stereocenters. The molecule has 1 fully saturated rings. The highest BCUT2D eigenvalue weighted by atomic mass is 79.9. The van der Waals surface area contributed by atoms with Crippen LogP contribution in [-0.2, 0) is 16.4 Å². The number of hydrogen-bond donors (Lipinski definition) is 1. The van der Waals surface area contributed by atoms with Crippen LogP contribution in [-0.4, -0.2) is 32.6 Å². The molecule has 0 spiro atoms. The van der Waals surface area contributed by atoms with Crippen LogP contribution in [0.5, 0.6) is 5.75 Å². The fourth-order valence-corrected chi connectivity index (χ4v) is 4.04. The average Bonchev–Trinajstić information content (AvgIpc) is 2.69. The third-order valence-electron chi connectivity index (χ3n) is 3.08. The van der Waals surface area contributed by atoms with E-state index in [4.69, 9.17) is 4.74 Å². The van der Waals surface area contributed by atoms with Crippen molar-refractivity contribution in [2.24, 2.45) is 0 Å². The quantitative estimate of drug-likeness (QED) is 0.886. The molecule has 1 aliphatic heterocycles. The highest BCUT2D eigenvalue weighted by Crippen LogP contribution is 2.25. The molecule has 1 aliphatic rings. The van der Waals surface area contributed by atoms with Crippen LogP contribution < -0.4 is 10.1 Å². The number of sulfone groups is 1. The van der Waals surface area contributed by atoms with Crippen molar-refractivity contribution in [3.05, 3.63) is 28.2 Å². The van der Waals surface area contributed by atoms with Crippen molar-refractivity contribution in [2.45, 2.75) is 26.0 Å². The normalized spacial score (nSPS) is 21.5. The van der Waals surface area contributed by atoms with E-state index in [2.05, 4.69) is 28.2 Å². The Kier molecular flexibility index (Phi) is 4.86. The van der Waals surface area contributed by atoms with E-state index >= 15 is 0 Å². The minimum atomic E-state index is -2.89. The van der Waals surface area contributed by atoms with Crippen molar-refractivity contribution in [3.63, 3.8) is 0 Å². The molecule has 1 saturated heterocycles. The van der Waals surface area contributed by atoms with Crippen molar-refractivity contribution in [3.8, 4) is 5.75 Å². The molecule has 0 radical (unpaired) electrons. The zero-order chi connectivity index (χ0) is 13.9. The highest BCUT2D eigenvalue weighted by Gasteiger charge is 2.29. The summed E-state index contributed by atoms with van der Waals surface area (Å²) in [6, 6.07) is 5.76. The van der Waals surface area contributed by atoms with Crippen molar-refractivity contribution in [1.29, 1.82) is 0 Å². The van der Waals surface area contributed by atoms with E-state index in [0.717, 1.165) is 28.9 Å². The van der Waals surface area contributed by atoms with Crippen LogP contribution in [0.1, 0.15) is 18.9 Å². The number of rotatable bonds is 5. The van der Waals surface area contributed by atoms with Gasteiger partial charge in [0.2, 0.25) is 0 Å². The zero-order valence-electron chi connectivity index (χ0n) is 10.9. The Hall–Kier alpha value is -0.590. The third kappa shape index (κ3) is 4.19. The summed E-state index contributed by atoms with van der Waals surface area (Å²) in [5.74, 6) is 1.10. The van der Waals surface area contributed by atoms with Crippen LogP contribution in [0, 0.1) is 0 Å². The molecule has 1 aromatic carbocycles. The van der Waals surface area contributed by atoms with Crippen LogP contribution in [0.2, 0.25) is 0 Å². The molecule has 1 N–H and O–H groups in total. The molecule has 0 amide bonds. The summed E-state index contributed by atoms with van der Waals surface area (Å²) in [5, 5.41) is 3.26. The monoisotopic (exact) mass is 347 g/mol. The molecule has 6 heteroatoms. The summed E-state index contributed by atoms with van der Waals surface area (Å²) < 4.78 is 29.6. The molecule has 1 unspecified atom stereocenters. The average molecular weight is 348 g/mol. The summed E-state index contributed by atoms with van der Waals surface area (Å²) in [5.41, 5.74) is 1.11. The standard InChI is InChI=1S/C13H18BrNO3S/c1-2-15-8-10-7-11(3-4-13(10)14)18-12-5-6-19(16,17)9-12/h3-4,7,12,15H,2,5-6,8-9H2,1H3. The minimum Gasteiger partial charge on any atom is -0.489 e. The molecule has 0 aromatic heterocycles. The maximum atomic E-state index is 11.4.